The van der Waals surface area contributed by atoms with E-state index < -0.39 is 11.7 Å². The number of anilines is 1. The molecule has 0 amide bonds. The average molecular weight is 387 g/mol. The molecule has 140 valence electrons. The quantitative estimate of drug-likeness (QED) is 0.813. The topological polar surface area (TPSA) is 41.4 Å². The van der Waals surface area contributed by atoms with Crippen LogP contribution in [-0.2, 0) is 19.8 Å². The highest BCUT2D eigenvalue weighted by atomic mass is 35.5. The monoisotopic (exact) mass is 386 g/mol. The first-order valence-electron chi connectivity index (χ1n) is 8.09. The van der Waals surface area contributed by atoms with Crippen molar-refractivity contribution in [2.75, 3.05) is 31.1 Å². The largest absolute Gasteiger partial charge is 0.417 e. The fourth-order valence-corrected chi connectivity index (χ4v) is 3.17. The van der Waals surface area contributed by atoms with Gasteiger partial charge in [-0.2, -0.15) is 13.2 Å². The van der Waals surface area contributed by atoms with Gasteiger partial charge in [-0.05, 0) is 17.7 Å². The van der Waals surface area contributed by atoms with E-state index in [1.807, 2.05) is 11.0 Å². The van der Waals surface area contributed by atoms with Crippen molar-refractivity contribution in [3.8, 4) is 0 Å². The lowest BCUT2D eigenvalue weighted by atomic mass is 10.2. The van der Waals surface area contributed by atoms with Gasteiger partial charge in [0.2, 0.25) is 0 Å². The third-order valence-corrected chi connectivity index (χ3v) is 4.67. The van der Waals surface area contributed by atoms with Crippen molar-refractivity contribution in [3.63, 3.8) is 0 Å². The molecular formula is C17H18ClF3N4O. The molecule has 3 rings (SSSR count). The molecular weight excluding hydrogens is 369 g/mol. The van der Waals surface area contributed by atoms with Crippen LogP contribution < -0.4 is 10.5 Å². The number of halogens is 4. The summed E-state index contributed by atoms with van der Waals surface area (Å²) in [7, 11) is 1.70. The maximum Gasteiger partial charge on any atom is 0.417 e. The molecule has 2 aromatic heterocycles. The second kappa shape index (κ2) is 7.28. The summed E-state index contributed by atoms with van der Waals surface area (Å²) in [5.74, 6) is 0.368. The Morgan fingerprint density at radius 1 is 1.19 bits per heavy atom. The summed E-state index contributed by atoms with van der Waals surface area (Å²) in [5.41, 5.74) is 0.0321. The van der Waals surface area contributed by atoms with Crippen LogP contribution in [0.5, 0.6) is 0 Å². The van der Waals surface area contributed by atoms with Gasteiger partial charge in [-0.1, -0.05) is 11.6 Å². The summed E-state index contributed by atoms with van der Waals surface area (Å²) < 4.78 is 39.6. The summed E-state index contributed by atoms with van der Waals surface area (Å²) >= 11 is 6.01. The van der Waals surface area contributed by atoms with Gasteiger partial charge in [-0.3, -0.25) is 9.69 Å². The molecule has 0 radical (unpaired) electrons. The predicted molar refractivity (Wildman–Crippen MR) is 93.4 cm³/mol. The maximum absolute atomic E-state index is 12.7. The lowest BCUT2D eigenvalue weighted by Gasteiger charge is -2.35. The van der Waals surface area contributed by atoms with Crippen LogP contribution in [0.15, 0.2) is 35.4 Å². The number of aryl methyl sites for hydroxylation is 1. The second-order valence-electron chi connectivity index (χ2n) is 6.27. The van der Waals surface area contributed by atoms with Gasteiger partial charge in [0.25, 0.3) is 5.56 Å². The zero-order valence-corrected chi connectivity index (χ0v) is 14.9. The van der Waals surface area contributed by atoms with Crippen molar-refractivity contribution in [1.29, 1.82) is 0 Å². The van der Waals surface area contributed by atoms with Gasteiger partial charge in [-0.15, -0.1) is 0 Å². The van der Waals surface area contributed by atoms with Crippen molar-refractivity contribution in [3.05, 3.63) is 57.1 Å². The molecule has 26 heavy (non-hydrogen) atoms. The van der Waals surface area contributed by atoms with E-state index in [-0.39, 0.29) is 10.6 Å². The number of alkyl halides is 3. The highest BCUT2D eigenvalue weighted by molar-refractivity contribution is 6.33. The fraction of sp³-hybridized carbons (Fsp3) is 0.412. The predicted octanol–water partition coefficient (Wildman–Crippen LogP) is 2.77. The number of hydrogen-bond donors (Lipinski definition) is 0. The first-order valence-corrected chi connectivity index (χ1v) is 8.47. The molecule has 0 spiro atoms. The summed E-state index contributed by atoms with van der Waals surface area (Å²) in [4.78, 5) is 19.7. The van der Waals surface area contributed by atoms with Crippen molar-refractivity contribution in [2.45, 2.75) is 12.7 Å². The minimum atomic E-state index is -4.46. The van der Waals surface area contributed by atoms with Gasteiger partial charge < -0.3 is 9.47 Å². The number of nitrogens with zero attached hydrogens (tertiary/aromatic N) is 4. The Morgan fingerprint density at radius 3 is 2.46 bits per heavy atom. The van der Waals surface area contributed by atoms with Crippen LogP contribution in [0, 0.1) is 0 Å². The summed E-state index contributed by atoms with van der Waals surface area (Å²) in [6.45, 7) is 3.26. The molecule has 1 aliphatic rings. The number of rotatable bonds is 3. The highest BCUT2D eigenvalue weighted by Gasteiger charge is 2.32. The SMILES string of the molecule is Cn1ccc(CN2CCN(c3ncc(C(F)(F)F)cc3Cl)CC2)cc1=O. The Kier molecular flexibility index (Phi) is 5.24. The third kappa shape index (κ3) is 4.19. The summed E-state index contributed by atoms with van der Waals surface area (Å²) in [6, 6.07) is 4.43. The normalized spacial score (nSPS) is 16.1. The highest BCUT2D eigenvalue weighted by Crippen LogP contribution is 2.33. The van der Waals surface area contributed by atoms with Gasteiger partial charge in [0.1, 0.15) is 5.82 Å². The molecule has 0 aromatic carbocycles. The van der Waals surface area contributed by atoms with E-state index in [2.05, 4.69) is 9.88 Å². The molecule has 0 saturated carbocycles. The lowest BCUT2D eigenvalue weighted by molar-refractivity contribution is -0.137. The fourth-order valence-electron chi connectivity index (χ4n) is 2.88. The number of aromatic nitrogens is 2. The van der Waals surface area contributed by atoms with Crippen molar-refractivity contribution >= 4 is 17.4 Å². The number of hydrogen-bond acceptors (Lipinski definition) is 4. The van der Waals surface area contributed by atoms with E-state index in [0.29, 0.717) is 38.5 Å². The molecule has 1 aliphatic heterocycles. The summed E-state index contributed by atoms with van der Waals surface area (Å²) in [5, 5.41) is -0.000156. The summed E-state index contributed by atoms with van der Waals surface area (Å²) in [6.07, 6.45) is -1.91. The first-order chi connectivity index (χ1) is 12.2. The van der Waals surface area contributed by atoms with Gasteiger partial charge in [0.05, 0.1) is 10.6 Å². The van der Waals surface area contributed by atoms with Gasteiger partial charge in [0, 0.05) is 58.2 Å². The standard InChI is InChI=1S/C17H18ClF3N4O/c1-23-3-2-12(8-15(23)26)11-24-4-6-25(7-5-24)16-14(18)9-13(10-22-16)17(19,20)21/h2-3,8-10H,4-7,11H2,1H3. The van der Waals surface area contributed by atoms with Crippen LogP contribution >= 0.6 is 11.6 Å². The van der Waals surface area contributed by atoms with E-state index in [9.17, 15) is 18.0 Å². The molecule has 0 unspecified atom stereocenters. The Morgan fingerprint density at radius 2 is 1.88 bits per heavy atom. The van der Waals surface area contributed by atoms with Crippen LogP contribution in [0.3, 0.4) is 0 Å². The van der Waals surface area contributed by atoms with Gasteiger partial charge >= 0.3 is 6.18 Å². The van der Waals surface area contributed by atoms with E-state index in [1.165, 1.54) is 4.57 Å². The molecule has 5 nitrogen and oxygen atoms in total. The number of piperazine rings is 1. The molecule has 1 saturated heterocycles. The first kappa shape index (κ1) is 18.7. The van der Waals surface area contributed by atoms with Crippen LogP contribution in [-0.4, -0.2) is 40.6 Å². The van der Waals surface area contributed by atoms with Crippen LogP contribution in [0.25, 0.3) is 0 Å². The Balaban J connectivity index is 1.63. The molecule has 0 aliphatic carbocycles. The molecule has 2 aromatic rings. The Labute approximate surface area is 153 Å². The molecule has 9 heteroatoms. The van der Waals surface area contributed by atoms with Gasteiger partial charge in [0.15, 0.2) is 0 Å². The van der Waals surface area contributed by atoms with Gasteiger partial charge in [-0.25, -0.2) is 4.98 Å². The lowest BCUT2D eigenvalue weighted by Crippen LogP contribution is -2.46. The van der Waals surface area contributed by atoms with Crippen molar-refractivity contribution in [2.24, 2.45) is 7.05 Å². The number of pyridine rings is 2. The Bertz CT molecular complexity index is 845. The zero-order valence-electron chi connectivity index (χ0n) is 14.1. The maximum atomic E-state index is 12.7. The smallest absolute Gasteiger partial charge is 0.353 e. The zero-order chi connectivity index (χ0) is 18.9. The van der Waals surface area contributed by atoms with E-state index in [1.54, 1.807) is 19.3 Å². The molecule has 1 fully saturated rings. The van der Waals surface area contributed by atoms with E-state index in [0.717, 1.165) is 17.8 Å². The van der Waals surface area contributed by atoms with Crippen LogP contribution in [0.4, 0.5) is 19.0 Å². The van der Waals surface area contributed by atoms with Crippen LogP contribution in [0.2, 0.25) is 5.02 Å². The minimum absolute atomic E-state index is 0.000156. The van der Waals surface area contributed by atoms with E-state index in [4.69, 9.17) is 11.6 Å². The molecule has 3 heterocycles. The van der Waals surface area contributed by atoms with Crippen molar-refractivity contribution in [1.82, 2.24) is 14.5 Å². The minimum Gasteiger partial charge on any atom is -0.353 e. The second-order valence-corrected chi connectivity index (χ2v) is 6.68. The van der Waals surface area contributed by atoms with E-state index >= 15 is 0 Å². The molecule has 0 N–H and O–H groups in total. The Hall–Kier alpha value is -2.06. The van der Waals surface area contributed by atoms with Crippen LogP contribution in [0.1, 0.15) is 11.1 Å². The molecule has 0 atom stereocenters. The van der Waals surface area contributed by atoms with Crippen molar-refractivity contribution < 1.29 is 13.2 Å². The third-order valence-electron chi connectivity index (χ3n) is 4.40. The average Bonchev–Trinajstić information content (AvgIpc) is 2.58. The molecule has 0 bridgehead atoms.